The number of aryl methyl sites for hydroxylation is 1. The molecule has 3 nitrogen and oxygen atoms in total. The van der Waals surface area contributed by atoms with E-state index in [4.69, 9.17) is 5.26 Å². The normalized spacial score (nSPS) is 9.71. The van der Waals surface area contributed by atoms with Gasteiger partial charge in [-0.2, -0.15) is 5.26 Å². The van der Waals surface area contributed by atoms with Crippen LogP contribution in [0.1, 0.15) is 11.1 Å². The van der Waals surface area contributed by atoms with Gasteiger partial charge in [-0.3, -0.25) is 0 Å². The molecule has 0 aliphatic carbocycles. The predicted octanol–water partition coefficient (Wildman–Crippen LogP) is 3.03. The van der Waals surface area contributed by atoms with Crippen molar-refractivity contribution in [2.75, 3.05) is 11.9 Å². The number of rotatable bonds is 2. The van der Waals surface area contributed by atoms with Gasteiger partial charge < -0.3 is 4.90 Å². The maximum atomic E-state index is 8.72. The van der Waals surface area contributed by atoms with Crippen molar-refractivity contribution in [2.24, 2.45) is 0 Å². The van der Waals surface area contributed by atoms with E-state index in [9.17, 15) is 0 Å². The number of hydrogen-bond donors (Lipinski definition) is 0. The molecule has 2 aromatic rings. The van der Waals surface area contributed by atoms with Gasteiger partial charge in [0.1, 0.15) is 11.9 Å². The lowest BCUT2D eigenvalue weighted by molar-refractivity contribution is 1.11. The molecule has 84 valence electrons. The zero-order chi connectivity index (χ0) is 12.3. The van der Waals surface area contributed by atoms with Crippen LogP contribution >= 0.6 is 0 Å². The molecule has 3 heteroatoms. The first-order chi connectivity index (χ1) is 8.22. The minimum atomic E-state index is 0.576. The molecule has 0 fully saturated rings. The average molecular weight is 223 g/mol. The second-order valence-electron chi connectivity index (χ2n) is 3.86. The number of hydrogen-bond acceptors (Lipinski definition) is 3. The molecule has 0 unspecified atom stereocenters. The van der Waals surface area contributed by atoms with Crippen LogP contribution in [-0.2, 0) is 0 Å². The Hall–Kier alpha value is -2.34. The van der Waals surface area contributed by atoms with E-state index in [0.717, 1.165) is 11.5 Å². The Morgan fingerprint density at radius 3 is 2.53 bits per heavy atom. The van der Waals surface area contributed by atoms with Gasteiger partial charge in [-0.05, 0) is 30.7 Å². The van der Waals surface area contributed by atoms with Crippen LogP contribution in [0.15, 0.2) is 42.6 Å². The standard InChI is InChI=1S/C14H13N3/c1-11-5-3-4-6-13(11)17(2)14-8-7-12(9-15)10-16-14/h3-8,10H,1-2H3. The molecule has 0 radical (unpaired) electrons. The monoisotopic (exact) mass is 223 g/mol. The van der Waals surface area contributed by atoms with Gasteiger partial charge in [0.05, 0.1) is 5.56 Å². The molecular formula is C14H13N3. The molecule has 0 spiro atoms. The van der Waals surface area contributed by atoms with Crippen LogP contribution in [0.4, 0.5) is 11.5 Å². The molecule has 0 aliphatic heterocycles. The molecule has 0 N–H and O–H groups in total. The van der Waals surface area contributed by atoms with Gasteiger partial charge >= 0.3 is 0 Å². The number of para-hydroxylation sites is 1. The number of nitriles is 1. The molecule has 0 saturated heterocycles. The Labute approximate surface area is 101 Å². The summed E-state index contributed by atoms with van der Waals surface area (Å²) in [5, 5.41) is 8.72. The first-order valence-electron chi connectivity index (χ1n) is 5.38. The van der Waals surface area contributed by atoms with E-state index in [-0.39, 0.29) is 0 Å². The molecule has 0 aliphatic rings. The van der Waals surface area contributed by atoms with Gasteiger partial charge in [0, 0.05) is 18.9 Å². The number of pyridine rings is 1. The van der Waals surface area contributed by atoms with Crippen molar-refractivity contribution >= 4 is 11.5 Å². The third-order valence-electron chi connectivity index (χ3n) is 2.70. The molecule has 1 aromatic heterocycles. The lowest BCUT2D eigenvalue weighted by Gasteiger charge is -2.20. The Kier molecular flexibility index (Phi) is 3.06. The van der Waals surface area contributed by atoms with Crippen LogP contribution in [0.5, 0.6) is 0 Å². The molecule has 17 heavy (non-hydrogen) atoms. The van der Waals surface area contributed by atoms with E-state index in [1.54, 1.807) is 12.3 Å². The average Bonchev–Trinajstić information content (AvgIpc) is 2.39. The van der Waals surface area contributed by atoms with Crippen molar-refractivity contribution in [3.05, 3.63) is 53.7 Å². The SMILES string of the molecule is Cc1ccccc1N(C)c1ccc(C#N)cn1. The van der Waals surface area contributed by atoms with Crippen molar-refractivity contribution in [1.29, 1.82) is 5.26 Å². The summed E-state index contributed by atoms with van der Waals surface area (Å²) in [4.78, 5) is 6.28. The number of anilines is 2. The zero-order valence-corrected chi connectivity index (χ0v) is 9.88. The predicted molar refractivity (Wildman–Crippen MR) is 68.2 cm³/mol. The number of benzene rings is 1. The largest absolute Gasteiger partial charge is 0.329 e. The van der Waals surface area contributed by atoms with Gasteiger partial charge in [-0.1, -0.05) is 18.2 Å². The van der Waals surface area contributed by atoms with Crippen molar-refractivity contribution in [3.63, 3.8) is 0 Å². The summed E-state index contributed by atoms with van der Waals surface area (Å²) in [6, 6.07) is 13.8. The second kappa shape index (κ2) is 4.67. The molecule has 0 atom stereocenters. The Bertz CT molecular complexity index is 552. The van der Waals surface area contributed by atoms with Crippen molar-refractivity contribution in [2.45, 2.75) is 6.92 Å². The van der Waals surface area contributed by atoms with Crippen LogP contribution in [-0.4, -0.2) is 12.0 Å². The van der Waals surface area contributed by atoms with E-state index in [1.165, 1.54) is 5.56 Å². The fourth-order valence-corrected chi connectivity index (χ4v) is 1.71. The summed E-state index contributed by atoms with van der Waals surface area (Å²) < 4.78 is 0. The van der Waals surface area contributed by atoms with Gasteiger partial charge in [-0.25, -0.2) is 4.98 Å². The molecular weight excluding hydrogens is 210 g/mol. The fraction of sp³-hybridized carbons (Fsp3) is 0.143. The highest BCUT2D eigenvalue weighted by molar-refractivity contribution is 5.62. The fourth-order valence-electron chi connectivity index (χ4n) is 1.71. The van der Waals surface area contributed by atoms with E-state index >= 15 is 0 Å². The summed E-state index contributed by atoms with van der Waals surface area (Å²) in [5.41, 5.74) is 2.89. The van der Waals surface area contributed by atoms with Crippen molar-refractivity contribution in [3.8, 4) is 6.07 Å². The number of nitrogens with zero attached hydrogens (tertiary/aromatic N) is 3. The van der Waals surface area contributed by atoms with E-state index < -0.39 is 0 Å². The Morgan fingerprint density at radius 2 is 1.94 bits per heavy atom. The smallest absolute Gasteiger partial charge is 0.132 e. The summed E-state index contributed by atoms with van der Waals surface area (Å²) in [5.74, 6) is 0.832. The number of aromatic nitrogens is 1. The highest BCUT2D eigenvalue weighted by Gasteiger charge is 2.07. The Balaban J connectivity index is 2.34. The van der Waals surface area contributed by atoms with E-state index in [0.29, 0.717) is 5.56 Å². The van der Waals surface area contributed by atoms with Crippen LogP contribution in [0.25, 0.3) is 0 Å². The second-order valence-corrected chi connectivity index (χ2v) is 3.86. The van der Waals surface area contributed by atoms with Crippen LogP contribution < -0.4 is 4.90 Å². The first kappa shape index (κ1) is 11.2. The summed E-state index contributed by atoms with van der Waals surface area (Å²) in [7, 11) is 1.97. The van der Waals surface area contributed by atoms with Gasteiger partial charge in [0.2, 0.25) is 0 Å². The maximum absolute atomic E-state index is 8.72. The van der Waals surface area contributed by atoms with Gasteiger partial charge in [0.15, 0.2) is 0 Å². The lowest BCUT2D eigenvalue weighted by atomic mass is 10.2. The molecule has 2 rings (SSSR count). The van der Waals surface area contributed by atoms with Gasteiger partial charge in [0.25, 0.3) is 0 Å². The minimum absolute atomic E-state index is 0.576. The van der Waals surface area contributed by atoms with Crippen LogP contribution in [0.3, 0.4) is 0 Å². The van der Waals surface area contributed by atoms with Crippen LogP contribution in [0, 0.1) is 18.3 Å². The molecule has 1 aromatic carbocycles. The topological polar surface area (TPSA) is 39.9 Å². The third-order valence-corrected chi connectivity index (χ3v) is 2.70. The maximum Gasteiger partial charge on any atom is 0.132 e. The molecule has 0 amide bonds. The van der Waals surface area contributed by atoms with E-state index in [1.807, 2.05) is 30.1 Å². The van der Waals surface area contributed by atoms with Crippen molar-refractivity contribution in [1.82, 2.24) is 4.98 Å². The Morgan fingerprint density at radius 1 is 1.18 bits per heavy atom. The van der Waals surface area contributed by atoms with Crippen LogP contribution in [0.2, 0.25) is 0 Å². The quantitative estimate of drug-likeness (QED) is 0.785. The zero-order valence-electron chi connectivity index (χ0n) is 9.88. The van der Waals surface area contributed by atoms with Gasteiger partial charge in [-0.15, -0.1) is 0 Å². The summed E-state index contributed by atoms with van der Waals surface area (Å²) in [6.45, 7) is 2.06. The highest BCUT2D eigenvalue weighted by atomic mass is 15.2. The minimum Gasteiger partial charge on any atom is -0.329 e. The highest BCUT2D eigenvalue weighted by Crippen LogP contribution is 2.24. The summed E-state index contributed by atoms with van der Waals surface area (Å²) >= 11 is 0. The van der Waals surface area contributed by atoms with Crippen molar-refractivity contribution < 1.29 is 0 Å². The van der Waals surface area contributed by atoms with E-state index in [2.05, 4.69) is 30.1 Å². The first-order valence-corrected chi connectivity index (χ1v) is 5.38. The molecule has 0 bridgehead atoms. The lowest BCUT2D eigenvalue weighted by Crippen LogP contribution is -2.12. The summed E-state index contributed by atoms with van der Waals surface area (Å²) in [6.07, 6.45) is 1.59. The third kappa shape index (κ3) is 2.26. The molecule has 0 saturated carbocycles. The molecule has 1 heterocycles.